The summed E-state index contributed by atoms with van der Waals surface area (Å²) >= 11 is 3.22. The van der Waals surface area contributed by atoms with Crippen LogP contribution in [0.4, 0.5) is 10.1 Å². The molecule has 1 unspecified atom stereocenters. The Morgan fingerprint density at radius 1 is 1.47 bits per heavy atom. The number of hydrogen-bond acceptors (Lipinski definition) is 2. The highest BCUT2D eigenvalue weighted by Crippen LogP contribution is 2.30. The van der Waals surface area contributed by atoms with Crippen molar-refractivity contribution in [2.24, 2.45) is 0 Å². The van der Waals surface area contributed by atoms with Crippen molar-refractivity contribution in [1.82, 2.24) is 5.32 Å². The molecule has 1 aliphatic rings. The predicted molar refractivity (Wildman–Crippen MR) is 73.3 cm³/mol. The molecule has 1 N–H and O–H groups in total. The molecule has 1 saturated heterocycles. The third kappa shape index (κ3) is 2.49. The zero-order valence-corrected chi connectivity index (χ0v) is 12.3. The maximum atomic E-state index is 13.1. The highest BCUT2D eigenvalue weighted by molar-refractivity contribution is 9.10. The number of benzene rings is 1. The van der Waals surface area contributed by atoms with Crippen molar-refractivity contribution in [3.63, 3.8) is 0 Å². The number of carbonyl (C=O) groups is 2. The number of rotatable bonds is 2. The standard InChI is InChI=1S/C13H14BrFN2O2/c1-3-13(2)12(19)17(7-11(18)16-13)10-5-4-8(15)6-9(10)14/h4-6H,3,7H2,1-2H3,(H,16,18). The van der Waals surface area contributed by atoms with E-state index in [4.69, 9.17) is 0 Å². The molecular weight excluding hydrogens is 315 g/mol. The van der Waals surface area contributed by atoms with Crippen LogP contribution < -0.4 is 10.2 Å². The summed E-state index contributed by atoms with van der Waals surface area (Å²) in [6.45, 7) is 3.47. The Balaban J connectivity index is 2.43. The molecule has 1 fully saturated rings. The fourth-order valence-corrected chi connectivity index (χ4v) is 2.61. The van der Waals surface area contributed by atoms with Crippen molar-refractivity contribution in [1.29, 1.82) is 0 Å². The van der Waals surface area contributed by atoms with Gasteiger partial charge in [-0.25, -0.2) is 4.39 Å². The average molecular weight is 329 g/mol. The summed E-state index contributed by atoms with van der Waals surface area (Å²) in [5.41, 5.74) is -0.413. The molecule has 4 nitrogen and oxygen atoms in total. The molecule has 2 amide bonds. The third-order valence-corrected chi connectivity index (χ3v) is 3.98. The minimum absolute atomic E-state index is 0.0569. The number of nitrogens with zero attached hydrogens (tertiary/aromatic N) is 1. The number of halogens is 2. The lowest BCUT2D eigenvalue weighted by molar-refractivity contribution is -0.135. The van der Waals surface area contributed by atoms with Gasteiger partial charge in [0.25, 0.3) is 5.91 Å². The van der Waals surface area contributed by atoms with Crippen LogP contribution in [-0.4, -0.2) is 23.9 Å². The van der Waals surface area contributed by atoms with E-state index in [1.54, 1.807) is 6.92 Å². The minimum atomic E-state index is -0.914. The van der Waals surface area contributed by atoms with Crippen LogP contribution in [0.2, 0.25) is 0 Å². The van der Waals surface area contributed by atoms with Gasteiger partial charge in [0.15, 0.2) is 0 Å². The van der Waals surface area contributed by atoms with E-state index in [1.807, 2.05) is 6.92 Å². The van der Waals surface area contributed by atoms with Crippen molar-refractivity contribution >= 4 is 33.4 Å². The SMILES string of the molecule is CCC1(C)NC(=O)CN(c2ccc(F)cc2Br)C1=O. The zero-order chi connectivity index (χ0) is 14.2. The van der Waals surface area contributed by atoms with Gasteiger partial charge < -0.3 is 5.32 Å². The first-order valence-corrected chi connectivity index (χ1v) is 6.74. The molecule has 102 valence electrons. The van der Waals surface area contributed by atoms with E-state index in [0.29, 0.717) is 16.6 Å². The molecule has 0 saturated carbocycles. The molecule has 2 rings (SSSR count). The Kier molecular flexibility index (Phi) is 3.62. The van der Waals surface area contributed by atoms with Gasteiger partial charge in [0, 0.05) is 4.47 Å². The Hall–Kier alpha value is -1.43. The number of amides is 2. The molecule has 0 radical (unpaired) electrons. The summed E-state index contributed by atoms with van der Waals surface area (Å²) in [7, 11) is 0. The highest BCUT2D eigenvalue weighted by atomic mass is 79.9. The van der Waals surface area contributed by atoms with Gasteiger partial charge in [-0.3, -0.25) is 14.5 Å². The van der Waals surface area contributed by atoms with E-state index < -0.39 is 11.4 Å². The van der Waals surface area contributed by atoms with Crippen LogP contribution in [0.15, 0.2) is 22.7 Å². The Bertz CT molecular complexity index is 549. The molecule has 0 bridgehead atoms. The lowest BCUT2D eigenvalue weighted by Gasteiger charge is -2.39. The second-order valence-electron chi connectivity index (χ2n) is 4.72. The van der Waals surface area contributed by atoms with Crippen molar-refractivity contribution < 1.29 is 14.0 Å². The minimum Gasteiger partial charge on any atom is -0.340 e. The second-order valence-corrected chi connectivity index (χ2v) is 5.58. The van der Waals surface area contributed by atoms with E-state index in [0.717, 1.165) is 0 Å². The van der Waals surface area contributed by atoms with Gasteiger partial charge in [-0.1, -0.05) is 6.92 Å². The monoisotopic (exact) mass is 328 g/mol. The summed E-state index contributed by atoms with van der Waals surface area (Å²) in [6.07, 6.45) is 0.493. The molecule has 0 aromatic heterocycles. The molecule has 19 heavy (non-hydrogen) atoms. The normalized spacial score (nSPS) is 23.5. The quantitative estimate of drug-likeness (QED) is 0.905. The van der Waals surface area contributed by atoms with Gasteiger partial charge in [0.2, 0.25) is 5.91 Å². The summed E-state index contributed by atoms with van der Waals surface area (Å²) in [5.74, 6) is -0.815. The van der Waals surface area contributed by atoms with Crippen LogP contribution in [0.3, 0.4) is 0 Å². The van der Waals surface area contributed by atoms with E-state index in [9.17, 15) is 14.0 Å². The second kappa shape index (κ2) is 4.92. The van der Waals surface area contributed by atoms with Crippen LogP contribution >= 0.6 is 15.9 Å². The van der Waals surface area contributed by atoms with Crippen molar-refractivity contribution in [3.8, 4) is 0 Å². The Labute approximate surface area is 119 Å². The summed E-state index contributed by atoms with van der Waals surface area (Å²) < 4.78 is 13.5. The van der Waals surface area contributed by atoms with Crippen LogP contribution in [0.1, 0.15) is 20.3 Å². The van der Waals surface area contributed by atoms with E-state index in [1.165, 1.54) is 23.1 Å². The molecule has 1 aromatic rings. The molecule has 6 heteroatoms. The van der Waals surface area contributed by atoms with E-state index in [-0.39, 0.29) is 18.4 Å². The van der Waals surface area contributed by atoms with Crippen molar-refractivity contribution in [3.05, 3.63) is 28.5 Å². The van der Waals surface area contributed by atoms with Crippen molar-refractivity contribution in [2.75, 3.05) is 11.4 Å². The van der Waals surface area contributed by atoms with Gasteiger partial charge in [-0.05, 0) is 47.5 Å². The fourth-order valence-electron chi connectivity index (χ4n) is 2.05. The lowest BCUT2D eigenvalue weighted by atomic mass is 9.94. The maximum absolute atomic E-state index is 13.1. The molecule has 1 aliphatic heterocycles. The molecule has 1 atom stereocenters. The number of hydrogen-bond donors (Lipinski definition) is 1. The van der Waals surface area contributed by atoms with Crippen LogP contribution in [0.5, 0.6) is 0 Å². The van der Waals surface area contributed by atoms with Crippen molar-refractivity contribution in [2.45, 2.75) is 25.8 Å². The summed E-state index contributed by atoms with van der Waals surface area (Å²) in [6, 6.07) is 4.04. The Morgan fingerprint density at radius 3 is 2.74 bits per heavy atom. The maximum Gasteiger partial charge on any atom is 0.252 e. The van der Waals surface area contributed by atoms with Gasteiger partial charge >= 0.3 is 0 Å². The van der Waals surface area contributed by atoms with Gasteiger partial charge in [0.05, 0.1) is 5.69 Å². The topological polar surface area (TPSA) is 49.4 Å². The van der Waals surface area contributed by atoms with Crippen LogP contribution in [-0.2, 0) is 9.59 Å². The molecule has 0 spiro atoms. The summed E-state index contributed by atoms with van der Waals surface area (Å²) in [5, 5.41) is 2.70. The first-order chi connectivity index (χ1) is 8.87. The smallest absolute Gasteiger partial charge is 0.252 e. The highest BCUT2D eigenvalue weighted by Gasteiger charge is 2.42. The lowest BCUT2D eigenvalue weighted by Crippen LogP contribution is -2.65. The molecular formula is C13H14BrFN2O2. The van der Waals surface area contributed by atoms with Crippen LogP contribution in [0, 0.1) is 5.82 Å². The third-order valence-electron chi connectivity index (χ3n) is 3.34. The van der Waals surface area contributed by atoms with E-state index in [2.05, 4.69) is 21.2 Å². The fraction of sp³-hybridized carbons (Fsp3) is 0.385. The number of carbonyl (C=O) groups excluding carboxylic acids is 2. The van der Waals surface area contributed by atoms with Gasteiger partial charge in [-0.15, -0.1) is 0 Å². The summed E-state index contributed by atoms with van der Waals surface area (Å²) in [4.78, 5) is 25.6. The number of piperazine rings is 1. The average Bonchev–Trinajstić information content (AvgIpc) is 2.34. The molecule has 1 heterocycles. The van der Waals surface area contributed by atoms with Crippen LogP contribution in [0.25, 0.3) is 0 Å². The van der Waals surface area contributed by atoms with Gasteiger partial charge in [0.1, 0.15) is 17.9 Å². The number of nitrogens with one attached hydrogen (secondary N) is 1. The zero-order valence-electron chi connectivity index (χ0n) is 10.7. The first-order valence-electron chi connectivity index (χ1n) is 5.95. The first kappa shape index (κ1) is 14.0. The molecule has 1 aromatic carbocycles. The predicted octanol–water partition coefficient (Wildman–Crippen LogP) is 2.22. The number of anilines is 1. The molecule has 0 aliphatic carbocycles. The van der Waals surface area contributed by atoms with E-state index >= 15 is 0 Å². The Morgan fingerprint density at radius 2 is 2.16 bits per heavy atom. The van der Waals surface area contributed by atoms with Gasteiger partial charge in [-0.2, -0.15) is 0 Å². The largest absolute Gasteiger partial charge is 0.340 e.